The van der Waals surface area contributed by atoms with Crippen molar-refractivity contribution in [3.8, 4) is 0 Å². The van der Waals surface area contributed by atoms with Gasteiger partial charge in [0.1, 0.15) is 0 Å². The number of methoxy groups -OCH3 is 1. The third-order valence-corrected chi connectivity index (χ3v) is 1.35. The first-order chi connectivity index (χ1) is 5.47. The molecule has 2 nitrogen and oxygen atoms in total. The third kappa shape index (κ3) is 1.34. The molecule has 0 aromatic rings. The number of ketones is 1. The van der Waals surface area contributed by atoms with E-state index in [9.17, 15) is 18.0 Å². The van der Waals surface area contributed by atoms with Gasteiger partial charge in [0.15, 0.2) is 11.6 Å². The van der Waals surface area contributed by atoms with Crippen LogP contribution in [0.15, 0.2) is 23.7 Å². The van der Waals surface area contributed by atoms with Gasteiger partial charge >= 0.3 is 5.92 Å². The number of alkyl halides is 2. The van der Waals surface area contributed by atoms with Crippen LogP contribution in [0.4, 0.5) is 13.2 Å². The van der Waals surface area contributed by atoms with Gasteiger partial charge in [-0.3, -0.25) is 4.79 Å². The second-order valence-corrected chi connectivity index (χ2v) is 2.19. The zero-order valence-electron chi connectivity index (χ0n) is 6.11. The zero-order valence-corrected chi connectivity index (χ0v) is 6.11. The fraction of sp³-hybridized carbons (Fsp3) is 0.286. The van der Waals surface area contributed by atoms with E-state index in [2.05, 4.69) is 4.74 Å². The average Bonchev–Trinajstić information content (AvgIpc) is 1.96. The van der Waals surface area contributed by atoms with E-state index in [1.165, 1.54) is 0 Å². The van der Waals surface area contributed by atoms with Crippen LogP contribution in [0.2, 0.25) is 0 Å². The summed E-state index contributed by atoms with van der Waals surface area (Å²) in [5.74, 6) is -6.90. The highest BCUT2D eigenvalue weighted by molar-refractivity contribution is 5.99. The van der Waals surface area contributed by atoms with E-state index in [0.29, 0.717) is 6.08 Å². The molecule has 0 saturated heterocycles. The Balaban J connectivity index is 3.04. The molecule has 0 bridgehead atoms. The molecule has 0 unspecified atom stereocenters. The van der Waals surface area contributed by atoms with Crippen molar-refractivity contribution in [2.75, 3.05) is 7.11 Å². The molecule has 0 spiro atoms. The first kappa shape index (κ1) is 8.83. The molecule has 1 aliphatic rings. The molecular formula is C7H5F3O2. The van der Waals surface area contributed by atoms with Crippen LogP contribution in [-0.2, 0) is 9.53 Å². The Bertz CT molecular complexity index is 278. The molecule has 0 atom stereocenters. The minimum atomic E-state index is -3.74. The highest BCUT2D eigenvalue weighted by atomic mass is 19.3. The summed E-state index contributed by atoms with van der Waals surface area (Å²) < 4.78 is 41.7. The van der Waals surface area contributed by atoms with Crippen molar-refractivity contribution in [3.63, 3.8) is 0 Å². The molecule has 0 radical (unpaired) electrons. The minimum absolute atomic E-state index is 0.0613. The van der Waals surface area contributed by atoms with E-state index in [4.69, 9.17) is 0 Å². The van der Waals surface area contributed by atoms with Gasteiger partial charge in [-0.1, -0.05) is 0 Å². The van der Waals surface area contributed by atoms with Crippen LogP contribution in [0.25, 0.3) is 0 Å². The maximum absolute atomic E-state index is 12.6. The van der Waals surface area contributed by atoms with Crippen molar-refractivity contribution >= 4 is 5.78 Å². The lowest BCUT2D eigenvalue weighted by atomic mass is 10.1. The van der Waals surface area contributed by atoms with E-state index in [1.54, 1.807) is 0 Å². The number of carbonyl (C=O) groups excluding carboxylic acids is 1. The van der Waals surface area contributed by atoms with Gasteiger partial charge in [0.05, 0.1) is 7.11 Å². The molecule has 0 aromatic heterocycles. The fourth-order valence-electron chi connectivity index (χ4n) is 0.742. The first-order valence-corrected chi connectivity index (χ1v) is 3.04. The number of hydrogen-bond acceptors (Lipinski definition) is 2. The van der Waals surface area contributed by atoms with Crippen molar-refractivity contribution in [3.05, 3.63) is 23.7 Å². The molecule has 0 fully saturated rings. The van der Waals surface area contributed by atoms with Crippen LogP contribution >= 0.6 is 0 Å². The Morgan fingerprint density at radius 2 is 2.08 bits per heavy atom. The highest BCUT2D eigenvalue weighted by Crippen LogP contribution is 2.28. The Labute approximate surface area is 66.3 Å². The second kappa shape index (κ2) is 2.66. The van der Waals surface area contributed by atoms with Gasteiger partial charge < -0.3 is 4.74 Å². The molecule has 1 aliphatic carbocycles. The van der Waals surface area contributed by atoms with Crippen LogP contribution in [0.5, 0.6) is 0 Å². The van der Waals surface area contributed by atoms with Crippen LogP contribution in [0, 0.1) is 0 Å². The number of allylic oxidation sites excluding steroid dienone is 3. The molecular weight excluding hydrogens is 173 g/mol. The summed E-state index contributed by atoms with van der Waals surface area (Å²) in [7, 11) is 1.09. The third-order valence-electron chi connectivity index (χ3n) is 1.35. The normalized spacial score (nSPS) is 21.5. The zero-order chi connectivity index (χ0) is 9.35. The standard InChI is InChI=1S/C7H5F3O2/c1-12-5-2-6(11)7(9,10)3-4(5)8/h2-3H,1H3. The van der Waals surface area contributed by atoms with E-state index in [-0.39, 0.29) is 6.08 Å². The molecule has 5 heteroatoms. The van der Waals surface area contributed by atoms with Crippen LogP contribution in [-0.4, -0.2) is 18.8 Å². The van der Waals surface area contributed by atoms with E-state index < -0.39 is 23.3 Å². The fourth-order valence-corrected chi connectivity index (χ4v) is 0.742. The van der Waals surface area contributed by atoms with Gasteiger partial charge in [0.25, 0.3) is 0 Å². The van der Waals surface area contributed by atoms with Crippen molar-refractivity contribution < 1.29 is 22.7 Å². The van der Waals surface area contributed by atoms with Crippen LogP contribution < -0.4 is 0 Å². The summed E-state index contributed by atoms with van der Waals surface area (Å²) in [6, 6.07) is 0. The summed E-state index contributed by atoms with van der Waals surface area (Å²) >= 11 is 0. The van der Waals surface area contributed by atoms with Gasteiger partial charge in [-0.2, -0.15) is 8.78 Å². The molecule has 12 heavy (non-hydrogen) atoms. The number of halogens is 3. The lowest BCUT2D eigenvalue weighted by Gasteiger charge is -2.14. The summed E-state index contributed by atoms with van der Waals surface area (Å²) in [6.07, 6.45) is 0.378. The van der Waals surface area contributed by atoms with Crippen molar-refractivity contribution in [2.24, 2.45) is 0 Å². The maximum Gasteiger partial charge on any atom is 0.330 e. The molecule has 0 aliphatic heterocycles. The lowest BCUT2D eigenvalue weighted by Crippen LogP contribution is -2.27. The number of ether oxygens (including phenoxy) is 1. The molecule has 0 N–H and O–H groups in total. The van der Waals surface area contributed by atoms with Gasteiger partial charge in [0, 0.05) is 12.2 Å². The first-order valence-electron chi connectivity index (χ1n) is 3.04. The molecule has 0 heterocycles. The Morgan fingerprint density at radius 1 is 1.50 bits per heavy atom. The van der Waals surface area contributed by atoms with Crippen LogP contribution in [0.3, 0.4) is 0 Å². The predicted octanol–water partition coefficient (Wildman–Crippen LogP) is 1.59. The molecule has 66 valence electrons. The van der Waals surface area contributed by atoms with Crippen molar-refractivity contribution in [2.45, 2.75) is 5.92 Å². The minimum Gasteiger partial charge on any atom is -0.494 e. The Hall–Kier alpha value is -1.26. The lowest BCUT2D eigenvalue weighted by molar-refractivity contribution is -0.132. The van der Waals surface area contributed by atoms with Gasteiger partial charge in [0.2, 0.25) is 5.78 Å². The van der Waals surface area contributed by atoms with Crippen molar-refractivity contribution in [1.82, 2.24) is 0 Å². The van der Waals surface area contributed by atoms with Crippen molar-refractivity contribution in [1.29, 1.82) is 0 Å². The Morgan fingerprint density at radius 3 is 2.58 bits per heavy atom. The van der Waals surface area contributed by atoms with E-state index >= 15 is 0 Å². The second-order valence-electron chi connectivity index (χ2n) is 2.19. The predicted molar refractivity (Wildman–Crippen MR) is 34.2 cm³/mol. The number of rotatable bonds is 1. The van der Waals surface area contributed by atoms with E-state index in [0.717, 1.165) is 7.11 Å². The Kier molecular flexibility index (Phi) is 1.95. The monoisotopic (exact) mass is 178 g/mol. The summed E-state index contributed by atoms with van der Waals surface area (Å²) in [4.78, 5) is 10.5. The summed E-state index contributed by atoms with van der Waals surface area (Å²) in [5.41, 5.74) is 0. The average molecular weight is 178 g/mol. The topological polar surface area (TPSA) is 26.3 Å². The van der Waals surface area contributed by atoms with Gasteiger partial charge in [-0.15, -0.1) is 0 Å². The maximum atomic E-state index is 12.6. The summed E-state index contributed by atoms with van der Waals surface area (Å²) in [6.45, 7) is 0. The molecule has 1 rings (SSSR count). The molecule has 0 amide bonds. The van der Waals surface area contributed by atoms with Crippen LogP contribution in [0.1, 0.15) is 0 Å². The number of hydrogen-bond donors (Lipinski definition) is 0. The largest absolute Gasteiger partial charge is 0.494 e. The van der Waals surface area contributed by atoms with Gasteiger partial charge in [-0.05, 0) is 0 Å². The SMILES string of the molecule is COC1=CC(=O)C(F)(F)C=C1F. The molecule has 0 saturated carbocycles. The summed E-state index contributed by atoms with van der Waals surface area (Å²) in [5, 5.41) is 0. The quantitative estimate of drug-likeness (QED) is 0.609. The van der Waals surface area contributed by atoms with E-state index in [1.807, 2.05) is 0 Å². The molecule has 0 aromatic carbocycles. The smallest absolute Gasteiger partial charge is 0.330 e. The number of carbonyl (C=O) groups is 1. The van der Waals surface area contributed by atoms with Gasteiger partial charge in [-0.25, -0.2) is 4.39 Å². The highest BCUT2D eigenvalue weighted by Gasteiger charge is 2.39.